The number of nitrogens with zero attached hydrogens (tertiary/aromatic N) is 4. The van der Waals surface area contributed by atoms with Crippen molar-refractivity contribution < 1.29 is 19.1 Å². The van der Waals surface area contributed by atoms with Crippen LogP contribution in [0, 0.1) is 17.0 Å². The molecule has 1 heterocycles. The van der Waals surface area contributed by atoms with E-state index in [9.17, 15) is 10.1 Å². The van der Waals surface area contributed by atoms with Gasteiger partial charge in [-0.25, -0.2) is 0 Å². The third-order valence-electron chi connectivity index (χ3n) is 5.64. The van der Waals surface area contributed by atoms with E-state index >= 15 is 0 Å². The lowest BCUT2D eigenvalue weighted by Crippen LogP contribution is -2.11. The summed E-state index contributed by atoms with van der Waals surface area (Å²) in [5.41, 5.74) is 2.61. The van der Waals surface area contributed by atoms with Crippen molar-refractivity contribution in [3.63, 3.8) is 0 Å². The van der Waals surface area contributed by atoms with Crippen LogP contribution in [-0.2, 0) is 6.61 Å². The number of hydrogen-bond donors (Lipinski definition) is 0. The SMILES string of the molecule is CCOc1ccc(-n2c(C)nnc2S[C@@H](C[N+](=O)[O-])c2ccc(OCc3ccccc3)c(OCC)c2)cc1. The molecule has 0 amide bonds. The number of thioether (sulfide) groups is 1. The largest absolute Gasteiger partial charge is 0.494 e. The second-order valence-electron chi connectivity index (χ2n) is 8.33. The third kappa shape index (κ3) is 6.83. The Labute approximate surface area is 225 Å². The Morgan fingerprint density at radius 1 is 0.921 bits per heavy atom. The van der Waals surface area contributed by atoms with Gasteiger partial charge in [0.25, 0.3) is 0 Å². The van der Waals surface area contributed by atoms with Crippen molar-refractivity contribution in [3.8, 4) is 22.9 Å². The molecule has 0 radical (unpaired) electrons. The van der Waals surface area contributed by atoms with Crippen molar-refractivity contribution in [3.05, 3.63) is 99.9 Å². The fourth-order valence-corrected chi connectivity index (χ4v) is 5.06. The number of aryl methyl sites for hydroxylation is 1. The lowest BCUT2D eigenvalue weighted by atomic mass is 10.1. The van der Waals surface area contributed by atoms with E-state index in [1.165, 1.54) is 11.8 Å². The molecular weight excluding hydrogens is 504 g/mol. The predicted molar refractivity (Wildman–Crippen MR) is 146 cm³/mol. The van der Waals surface area contributed by atoms with E-state index in [0.29, 0.717) is 42.3 Å². The molecule has 198 valence electrons. The molecule has 4 rings (SSSR count). The van der Waals surface area contributed by atoms with Crippen LogP contribution in [0.2, 0.25) is 0 Å². The Hall–Kier alpha value is -4.05. The molecule has 0 spiro atoms. The van der Waals surface area contributed by atoms with E-state index in [1.54, 1.807) is 6.07 Å². The molecule has 38 heavy (non-hydrogen) atoms. The van der Waals surface area contributed by atoms with Gasteiger partial charge in [-0.05, 0) is 68.3 Å². The molecular formula is C28H30N4O5S. The van der Waals surface area contributed by atoms with Crippen LogP contribution in [0.5, 0.6) is 17.2 Å². The Morgan fingerprint density at radius 2 is 1.66 bits per heavy atom. The van der Waals surface area contributed by atoms with Gasteiger partial charge in [0.2, 0.25) is 6.54 Å². The first kappa shape index (κ1) is 27.0. The van der Waals surface area contributed by atoms with Crippen molar-refractivity contribution in [1.82, 2.24) is 14.8 Å². The molecule has 0 aliphatic carbocycles. The molecule has 0 saturated carbocycles. The summed E-state index contributed by atoms with van der Waals surface area (Å²) in [4.78, 5) is 11.3. The summed E-state index contributed by atoms with van der Waals surface area (Å²) in [5.74, 6) is 2.56. The highest BCUT2D eigenvalue weighted by Crippen LogP contribution is 2.40. The highest BCUT2D eigenvalue weighted by Gasteiger charge is 2.25. The molecule has 0 fully saturated rings. The molecule has 0 aliphatic rings. The highest BCUT2D eigenvalue weighted by atomic mass is 32.2. The van der Waals surface area contributed by atoms with Crippen LogP contribution >= 0.6 is 11.8 Å². The van der Waals surface area contributed by atoms with Crippen LogP contribution < -0.4 is 14.2 Å². The van der Waals surface area contributed by atoms with Gasteiger partial charge in [-0.3, -0.25) is 14.7 Å². The quantitative estimate of drug-likeness (QED) is 0.116. The number of benzene rings is 3. The predicted octanol–water partition coefficient (Wildman–Crippen LogP) is 6.06. The summed E-state index contributed by atoms with van der Waals surface area (Å²) < 4.78 is 19.3. The first-order chi connectivity index (χ1) is 18.5. The number of hydrogen-bond acceptors (Lipinski definition) is 8. The third-order valence-corrected chi connectivity index (χ3v) is 6.82. The van der Waals surface area contributed by atoms with Gasteiger partial charge >= 0.3 is 0 Å². The van der Waals surface area contributed by atoms with E-state index in [-0.39, 0.29) is 11.5 Å². The fraction of sp³-hybridized carbons (Fsp3) is 0.286. The van der Waals surface area contributed by atoms with Crippen LogP contribution in [-0.4, -0.2) is 39.4 Å². The molecule has 3 aromatic carbocycles. The van der Waals surface area contributed by atoms with Crippen molar-refractivity contribution in [2.75, 3.05) is 19.8 Å². The van der Waals surface area contributed by atoms with Crippen LogP contribution in [0.4, 0.5) is 0 Å². The first-order valence-corrected chi connectivity index (χ1v) is 13.2. The van der Waals surface area contributed by atoms with Crippen molar-refractivity contribution >= 4 is 11.8 Å². The first-order valence-electron chi connectivity index (χ1n) is 12.4. The van der Waals surface area contributed by atoms with Gasteiger partial charge < -0.3 is 14.2 Å². The Kier molecular flexibility index (Phi) is 9.21. The maximum Gasteiger partial charge on any atom is 0.220 e. The zero-order valence-corrected chi connectivity index (χ0v) is 22.4. The number of aromatic nitrogens is 3. The molecule has 9 nitrogen and oxygen atoms in total. The van der Waals surface area contributed by atoms with Crippen LogP contribution in [0.3, 0.4) is 0 Å². The number of rotatable bonds is 13. The Bertz CT molecular complexity index is 1350. The average molecular weight is 535 g/mol. The highest BCUT2D eigenvalue weighted by molar-refractivity contribution is 7.99. The molecule has 0 unspecified atom stereocenters. The molecule has 1 aromatic heterocycles. The molecule has 0 N–H and O–H groups in total. The normalized spacial score (nSPS) is 11.7. The van der Waals surface area contributed by atoms with Gasteiger partial charge in [-0.1, -0.05) is 48.2 Å². The molecule has 4 aromatic rings. The summed E-state index contributed by atoms with van der Waals surface area (Å²) in [7, 11) is 0. The minimum atomic E-state index is -0.530. The zero-order chi connectivity index (χ0) is 26.9. The zero-order valence-electron chi connectivity index (χ0n) is 21.6. The summed E-state index contributed by atoms with van der Waals surface area (Å²) >= 11 is 1.29. The van der Waals surface area contributed by atoms with Gasteiger partial charge in [0.15, 0.2) is 16.7 Å². The van der Waals surface area contributed by atoms with Crippen molar-refractivity contribution in [2.45, 2.75) is 37.8 Å². The number of nitro groups is 1. The van der Waals surface area contributed by atoms with Crippen LogP contribution in [0.25, 0.3) is 5.69 Å². The van der Waals surface area contributed by atoms with Crippen molar-refractivity contribution in [1.29, 1.82) is 0 Å². The van der Waals surface area contributed by atoms with Gasteiger partial charge in [0.05, 0.1) is 13.2 Å². The maximum atomic E-state index is 11.6. The van der Waals surface area contributed by atoms with E-state index in [4.69, 9.17) is 14.2 Å². The fourth-order valence-electron chi connectivity index (χ4n) is 3.90. The van der Waals surface area contributed by atoms with Crippen molar-refractivity contribution in [2.24, 2.45) is 0 Å². The second kappa shape index (κ2) is 13.0. The van der Waals surface area contributed by atoms with E-state index in [2.05, 4.69) is 10.2 Å². The molecule has 0 aliphatic heterocycles. The van der Waals surface area contributed by atoms with E-state index < -0.39 is 5.25 Å². The smallest absolute Gasteiger partial charge is 0.220 e. The van der Waals surface area contributed by atoms with E-state index in [0.717, 1.165) is 22.6 Å². The average Bonchev–Trinajstić information content (AvgIpc) is 3.28. The monoisotopic (exact) mass is 534 g/mol. The molecule has 10 heteroatoms. The molecule has 1 atom stereocenters. The maximum absolute atomic E-state index is 11.6. The van der Waals surface area contributed by atoms with E-state index in [1.807, 2.05) is 92.1 Å². The van der Waals surface area contributed by atoms with Crippen LogP contribution in [0.15, 0.2) is 78.0 Å². The van der Waals surface area contributed by atoms with Gasteiger partial charge in [-0.2, -0.15) is 0 Å². The minimum Gasteiger partial charge on any atom is -0.494 e. The summed E-state index contributed by atoms with van der Waals surface area (Å²) in [6.07, 6.45) is 0. The standard InChI is InChI=1S/C28H30N4O5S/c1-4-35-24-14-12-23(13-15-24)32-20(3)29-30-28(32)38-27(18-31(33)34)22-11-16-25(26(17-22)36-5-2)37-19-21-9-7-6-8-10-21/h6-17,27H,4-5,18-19H2,1-3H3/t27-/m0/s1. The summed E-state index contributed by atoms with van der Waals surface area (Å²) in [6, 6.07) is 22.9. The minimum absolute atomic E-state index is 0.296. The van der Waals surface area contributed by atoms with Gasteiger partial charge in [0.1, 0.15) is 23.4 Å². The molecule has 0 saturated heterocycles. The Balaban J connectivity index is 1.61. The second-order valence-corrected chi connectivity index (χ2v) is 9.50. The van der Waals surface area contributed by atoms with Gasteiger partial charge in [0, 0.05) is 10.6 Å². The lowest BCUT2D eigenvalue weighted by molar-refractivity contribution is -0.479. The van der Waals surface area contributed by atoms with Gasteiger partial charge in [-0.15, -0.1) is 10.2 Å². The lowest BCUT2D eigenvalue weighted by Gasteiger charge is -2.17. The summed E-state index contributed by atoms with van der Waals surface area (Å²) in [6.45, 7) is 6.77. The number of ether oxygens (including phenoxy) is 3. The van der Waals surface area contributed by atoms with Crippen LogP contribution in [0.1, 0.15) is 36.0 Å². The topological polar surface area (TPSA) is 102 Å². The summed E-state index contributed by atoms with van der Waals surface area (Å²) in [5, 5.41) is 20.2. The Morgan fingerprint density at radius 3 is 2.34 bits per heavy atom. The molecule has 0 bridgehead atoms.